The zero-order valence-corrected chi connectivity index (χ0v) is 12.7. The summed E-state index contributed by atoms with van der Waals surface area (Å²) in [6.45, 7) is 0. The maximum Gasteiger partial charge on any atom is 0.217 e. The quantitative estimate of drug-likeness (QED) is 0.451. The standard InChI is InChI=1S/C17H18N6/c18-16(14-7-1-2-10-19-14)22-23-17-20-12-8-3-5-11-6-4-9-13(21-17)15(11)12/h1-3,5,7-8,10,13H,4,6,9H2,(H2,18,22)(H2,20,21,23). The molecule has 0 bridgehead atoms. The van der Waals surface area contributed by atoms with Crippen molar-refractivity contribution < 1.29 is 0 Å². The molecule has 1 aromatic carbocycles. The maximum absolute atomic E-state index is 5.95. The number of hydrogen-bond donors (Lipinski definition) is 3. The molecule has 6 nitrogen and oxygen atoms in total. The van der Waals surface area contributed by atoms with Crippen LogP contribution in [0.25, 0.3) is 0 Å². The first-order valence-corrected chi connectivity index (χ1v) is 7.78. The third-order valence-corrected chi connectivity index (χ3v) is 4.20. The van der Waals surface area contributed by atoms with E-state index in [4.69, 9.17) is 10.7 Å². The minimum Gasteiger partial charge on any atom is -0.380 e. The van der Waals surface area contributed by atoms with Gasteiger partial charge in [-0.15, -0.1) is 0 Å². The van der Waals surface area contributed by atoms with Gasteiger partial charge in [0.15, 0.2) is 5.84 Å². The van der Waals surface area contributed by atoms with Gasteiger partial charge >= 0.3 is 0 Å². The first kappa shape index (κ1) is 13.8. The lowest BCUT2D eigenvalue weighted by molar-refractivity contribution is 0.567. The first-order chi connectivity index (χ1) is 11.3. The van der Waals surface area contributed by atoms with Crippen LogP contribution in [0.5, 0.6) is 0 Å². The van der Waals surface area contributed by atoms with Gasteiger partial charge in [0.05, 0.1) is 6.04 Å². The Labute approximate surface area is 134 Å². The molecule has 0 radical (unpaired) electrons. The van der Waals surface area contributed by atoms with E-state index in [9.17, 15) is 0 Å². The highest BCUT2D eigenvalue weighted by Gasteiger charge is 2.26. The third-order valence-electron chi connectivity index (χ3n) is 4.20. The van der Waals surface area contributed by atoms with E-state index in [0.29, 0.717) is 17.5 Å². The average Bonchev–Trinajstić information content (AvgIpc) is 2.61. The molecule has 4 N–H and O–H groups in total. The fourth-order valence-corrected chi connectivity index (χ4v) is 3.15. The van der Waals surface area contributed by atoms with Crippen LogP contribution in [0.1, 0.15) is 35.7 Å². The number of aryl methyl sites for hydroxylation is 1. The second-order valence-corrected chi connectivity index (χ2v) is 5.71. The van der Waals surface area contributed by atoms with Gasteiger partial charge in [-0.2, -0.15) is 5.10 Å². The first-order valence-electron chi connectivity index (χ1n) is 7.78. The van der Waals surface area contributed by atoms with Gasteiger partial charge in [-0.1, -0.05) is 18.2 Å². The predicted molar refractivity (Wildman–Crippen MR) is 91.3 cm³/mol. The Hall–Kier alpha value is -2.89. The van der Waals surface area contributed by atoms with E-state index in [2.05, 4.69) is 39.0 Å². The number of hydrazone groups is 1. The summed E-state index contributed by atoms with van der Waals surface area (Å²) in [6, 6.07) is 12.1. The molecule has 2 aliphatic rings. The SMILES string of the molecule is NC(=NNC1=NC2CCCc3cccc(c32)N1)c1ccccn1. The van der Waals surface area contributed by atoms with Gasteiger partial charge < -0.3 is 11.1 Å². The van der Waals surface area contributed by atoms with Crippen LogP contribution in [0.4, 0.5) is 5.69 Å². The van der Waals surface area contributed by atoms with Gasteiger partial charge in [-0.25, -0.2) is 10.4 Å². The van der Waals surface area contributed by atoms with Crippen LogP contribution in [0, 0.1) is 0 Å². The van der Waals surface area contributed by atoms with Crippen LogP contribution in [0.2, 0.25) is 0 Å². The van der Waals surface area contributed by atoms with E-state index < -0.39 is 0 Å². The summed E-state index contributed by atoms with van der Waals surface area (Å²) < 4.78 is 0. The van der Waals surface area contributed by atoms with Gasteiger partial charge in [-0.05, 0) is 43.0 Å². The highest BCUT2D eigenvalue weighted by Crippen LogP contribution is 2.39. The molecule has 1 aliphatic carbocycles. The van der Waals surface area contributed by atoms with Crippen molar-refractivity contribution in [1.29, 1.82) is 0 Å². The molecule has 1 aliphatic heterocycles. The van der Waals surface area contributed by atoms with Gasteiger partial charge in [-0.3, -0.25) is 4.98 Å². The smallest absolute Gasteiger partial charge is 0.217 e. The number of nitrogens with one attached hydrogen (secondary N) is 2. The number of nitrogens with two attached hydrogens (primary N) is 1. The monoisotopic (exact) mass is 306 g/mol. The number of amidine groups is 1. The molecule has 0 amide bonds. The Kier molecular flexibility index (Phi) is 3.42. The van der Waals surface area contributed by atoms with Crippen molar-refractivity contribution in [3.05, 3.63) is 59.4 Å². The highest BCUT2D eigenvalue weighted by molar-refractivity contribution is 5.99. The summed E-state index contributed by atoms with van der Waals surface area (Å²) in [6.07, 6.45) is 5.05. The van der Waals surface area contributed by atoms with Gasteiger partial charge in [0.2, 0.25) is 5.96 Å². The number of pyridine rings is 1. The lowest BCUT2D eigenvalue weighted by Crippen LogP contribution is -2.34. The molecule has 0 saturated heterocycles. The summed E-state index contributed by atoms with van der Waals surface area (Å²) in [7, 11) is 0. The van der Waals surface area contributed by atoms with Crippen molar-refractivity contribution >= 4 is 17.5 Å². The average molecular weight is 306 g/mol. The van der Waals surface area contributed by atoms with Gasteiger partial charge in [0, 0.05) is 17.4 Å². The van der Waals surface area contributed by atoms with Crippen molar-refractivity contribution in [1.82, 2.24) is 10.4 Å². The van der Waals surface area contributed by atoms with Crippen molar-refractivity contribution in [2.75, 3.05) is 5.32 Å². The van der Waals surface area contributed by atoms with Crippen molar-refractivity contribution in [2.24, 2.45) is 15.8 Å². The normalized spacial score (nSPS) is 19.4. The summed E-state index contributed by atoms with van der Waals surface area (Å²) in [5.41, 5.74) is 13.3. The number of aliphatic imine (C=N–C) groups is 1. The molecule has 4 rings (SSSR count). The minimum absolute atomic E-state index is 0.199. The van der Waals surface area contributed by atoms with E-state index in [1.54, 1.807) is 6.20 Å². The molecule has 2 heterocycles. The Morgan fingerprint density at radius 3 is 3.09 bits per heavy atom. The Morgan fingerprint density at radius 2 is 2.22 bits per heavy atom. The van der Waals surface area contributed by atoms with E-state index in [0.717, 1.165) is 24.9 Å². The highest BCUT2D eigenvalue weighted by atomic mass is 15.4. The van der Waals surface area contributed by atoms with E-state index in [-0.39, 0.29) is 6.04 Å². The maximum atomic E-state index is 5.95. The lowest BCUT2D eigenvalue weighted by atomic mass is 9.86. The number of anilines is 1. The summed E-state index contributed by atoms with van der Waals surface area (Å²) in [4.78, 5) is 8.90. The summed E-state index contributed by atoms with van der Waals surface area (Å²) in [5, 5.41) is 7.49. The number of hydrogen-bond acceptors (Lipinski definition) is 5. The van der Waals surface area contributed by atoms with Crippen LogP contribution in [0.3, 0.4) is 0 Å². The Morgan fingerprint density at radius 1 is 1.26 bits per heavy atom. The molecule has 1 aromatic heterocycles. The molecular formula is C17H18N6. The Bertz CT molecular complexity index is 781. The van der Waals surface area contributed by atoms with Crippen LogP contribution in [-0.4, -0.2) is 16.8 Å². The minimum atomic E-state index is 0.199. The fraction of sp³-hybridized carbons (Fsp3) is 0.235. The number of guanidine groups is 1. The van der Waals surface area contributed by atoms with Gasteiger partial charge in [0.1, 0.15) is 5.69 Å². The molecule has 0 saturated carbocycles. The number of benzene rings is 1. The van der Waals surface area contributed by atoms with Crippen LogP contribution in [-0.2, 0) is 6.42 Å². The molecule has 116 valence electrons. The molecular weight excluding hydrogens is 288 g/mol. The van der Waals surface area contributed by atoms with E-state index in [1.807, 2.05) is 18.2 Å². The fourth-order valence-electron chi connectivity index (χ4n) is 3.15. The molecule has 1 atom stereocenters. The summed E-state index contributed by atoms with van der Waals surface area (Å²) >= 11 is 0. The topological polar surface area (TPSA) is 87.7 Å². The second-order valence-electron chi connectivity index (χ2n) is 5.71. The molecule has 6 heteroatoms. The lowest BCUT2D eigenvalue weighted by Gasteiger charge is -2.30. The zero-order valence-electron chi connectivity index (χ0n) is 12.7. The molecule has 0 spiro atoms. The number of nitrogens with zero attached hydrogens (tertiary/aromatic N) is 3. The summed E-state index contributed by atoms with van der Waals surface area (Å²) in [5.74, 6) is 0.957. The number of aromatic nitrogens is 1. The van der Waals surface area contributed by atoms with E-state index >= 15 is 0 Å². The molecule has 2 aromatic rings. The van der Waals surface area contributed by atoms with Crippen LogP contribution >= 0.6 is 0 Å². The predicted octanol–water partition coefficient (Wildman–Crippen LogP) is 2.15. The van der Waals surface area contributed by atoms with Gasteiger partial charge in [0.25, 0.3) is 0 Å². The van der Waals surface area contributed by atoms with E-state index in [1.165, 1.54) is 11.1 Å². The molecule has 1 unspecified atom stereocenters. The molecule has 23 heavy (non-hydrogen) atoms. The van der Waals surface area contributed by atoms with Crippen molar-refractivity contribution in [3.63, 3.8) is 0 Å². The molecule has 0 fully saturated rings. The van der Waals surface area contributed by atoms with Crippen molar-refractivity contribution in [2.45, 2.75) is 25.3 Å². The van der Waals surface area contributed by atoms with Crippen LogP contribution < -0.4 is 16.5 Å². The zero-order chi connectivity index (χ0) is 15.6. The Balaban J connectivity index is 1.57. The number of rotatable bonds is 2. The van der Waals surface area contributed by atoms with Crippen molar-refractivity contribution in [3.8, 4) is 0 Å². The third kappa shape index (κ3) is 2.63. The largest absolute Gasteiger partial charge is 0.380 e. The second kappa shape index (κ2) is 5.72. The van der Waals surface area contributed by atoms with Crippen LogP contribution in [0.15, 0.2) is 52.7 Å².